The third-order valence-electron chi connectivity index (χ3n) is 2.54. The van der Waals surface area contributed by atoms with E-state index < -0.39 is 5.97 Å². The van der Waals surface area contributed by atoms with Gasteiger partial charge in [-0.15, -0.1) is 17.9 Å². The van der Waals surface area contributed by atoms with Gasteiger partial charge in [-0.3, -0.25) is 4.79 Å². The molecule has 0 spiro atoms. The average Bonchev–Trinajstić information content (AvgIpc) is 2.81. The first-order valence-electron chi connectivity index (χ1n) is 6.19. The van der Waals surface area contributed by atoms with Crippen molar-refractivity contribution < 1.29 is 19.1 Å². The molecule has 0 bridgehead atoms. The number of carbonyl (C=O) groups excluding carboxylic acids is 2. The van der Waals surface area contributed by atoms with Crippen LogP contribution in [0.25, 0.3) is 0 Å². The fraction of sp³-hybridized carbons (Fsp3) is 0.385. The van der Waals surface area contributed by atoms with Crippen LogP contribution in [0.2, 0.25) is 0 Å². The highest BCUT2D eigenvalue weighted by atomic mass is 32.1. The van der Waals surface area contributed by atoms with Crippen LogP contribution in [0.5, 0.6) is 0 Å². The Hall–Kier alpha value is -2.06. The van der Waals surface area contributed by atoms with Crippen molar-refractivity contribution in [2.24, 2.45) is 0 Å². The van der Waals surface area contributed by atoms with E-state index >= 15 is 0 Å². The topological polar surface area (TPSA) is 103 Å². The highest BCUT2D eigenvalue weighted by Crippen LogP contribution is 2.36. The van der Waals surface area contributed by atoms with E-state index in [0.717, 1.165) is 11.3 Å². The molecule has 116 valence electrons. The summed E-state index contributed by atoms with van der Waals surface area (Å²) in [4.78, 5) is 24.1. The van der Waals surface area contributed by atoms with Gasteiger partial charge in [0.15, 0.2) is 0 Å². The van der Waals surface area contributed by atoms with Crippen molar-refractivity contribution in [3.8, 4) is 0 Å². The second-order valence-corrected chi connectivity index (χ2v) is 4.98. The molecule has 0 saturated heterocycles. The molecular formula is C13H19N3O4S. The highest BCUT2D eigenvalue weighted by molar-refractivity contribution is 7.19. The van der Waals surface area contributed by atoms with Crippen molar-refractivity contribution in [3.63, 3.8) is 0 Å². The van der Waals surface area contributed by atoms with Crippen molar-refractivity contribution in [1.82, 2.24) is 5.32 Å². The molecule has 21 heavy (non-hydrogen) atoms. The number of amides is 1. The number of hydrogen-bond donors (Lipinski definition) is 3. The summed E-state index contributed by atoms with van der Waals surface area (Å²) in [5, 5.41) is 6.12. The summed E-state index contributed by atoms with van der Waals surface area (Å²) in [6.45, 7) is 4.77. The van der Waals surface area contributed by atoms with Crippen LogP contribution in [0.15, 0.2) is 12.7 Å². The molecule has 0 aliphatic carbocycles. The van der Waals surface area contributed by atoms with Gasteiger partial charge in [0.25, 0.3) is 5.91 Å². The Balaban J connectivity index is 3.07. The molecule has 0 aliphatic rings. The maximum absolute atomic E-state index is 12.0. The summed E-state index contributed by atoms with van der Waals surface area (Å²) < 4.78 is 9.64. The quantitative estimate of drug-likeness (QED) is 0.377. The van der Waals surface area contributed by atoms with E-state index in [1.54, 1.807) is 13.2 Å². The van der Waals surface area contributed by atoms with Gasteiger partial charge >= 0.3 is 5.97 Å². The summed E-state index contributed by atoms with van der Waals surface area (Å²) in [6, 6.07) is 0. The Labute approximate surface area is 127 Å². The maximum Gasteiger partial charge on any atom is 0.343 e. The molecule has 1 heterocycles. The summed E-state index contributed by atoms with van der Waals surface area (Å²) in [5.41, 5.74) is 6.18. The summed E-state index contributed by atoms with van der Waals surface area (Å²) in [7, 11) is 2.83. The SMILES string of the molecule is C=CCNC(=O)c1sc(NCCOC)c(C(=O)OC)c1N. The number of ether oxygens (including phenoxy) is 2. The fourth-order valence-corrected chi connectivity index (χ4v) is 2.60. The highest BCUT2D eigenvalue weighted by Gasteiger charge is 2.25. The molecule has 7 nitrogen and oxygen atoms in total. The average molecular weight is 313 g/mol. The second-order valence-electron chi connectivity index (χ2n) is 3.96. The van der Waals surface area contributed by atoms with Gasteiger partial charge in [0.2, 0.25) is 0 Å². The zero-order valence-electron chi connectivity index (χ0n) is 12.0. The Bertz CT molecular complexity index is 528. The minimum absolute atomic E-state index is 0.105. The van der Waals surface area contributed by atoms with Gasteiger partial charge in [-0.05, 0) is 0 Å². The Kier molecular flexibility index (Phi) is 6.70. The van der Waals surface area contributed by atoms with Gasteiger partial charge in [-0.2, -0.15) is 0 Å². The number of nitrogens with two attached hydrogens (primary N) is 1. The molecule has 0 fully saturated rings. The summed E-state index contributed by atoms with van der Waals surface area (Å²) >= 11 is 1.10. The lowest BCUT2D eigenvalue weighted by Gasteiger charge is -2.05. The third kappa shape index (κ3) is 4.20. The first-order chi connectivity index (χ1) is 10.1. The molecule has 0 aliphatic heterocycles. The van der Waals surface area contributed by atoms with Gasteiger partial charge in [0, 0.05) is 20.2 Å². The van der Waals surface area contributed by atoms with Crippen molar-refractivity contribution in [2.75, 3.05) is 45.0 Å². The first kappa shape index (κ1) is 17.0. The number of carbonyl (C=O) groups is 2. The second kappa shape index (κ2) is 8.28. The lowest BCUT2D eigenvalue weighted by molar-refractivity contribution is 0.0603. The van der Waals surface area contributed by atoms with E-state index in [1.165, 1.54) is 7.11 Å². The molecule has 0 saturated carbocycles. The zero-order valence-corrected chi connectivity index (χ0v) is 12.8. The molecule has 1 aromatic heterocycles. The molecule has 0 unspecified atom stereocenters. The van der Waals surface area contributed by atoms with E-state index in [1.807, 2.05) is 0 Å². The first-order valence-corrected chi connectivity index (χ1v) is 7.00. The van der Waals surface area contributed by atoms with Gasteiger partial charge in [0.05, 0.1) is 19.4 Å². The van der Waals surface area contributed by atoms with E-state index in [9.17, 15) is 9.59 Å². The molecule has 1 aromatic rings. The number of nitrogens with one attached hydrogen (secondary N) is 2. The molecule has 8 heteroatoms. The number of hydrogen-bond acceptors (Lipinski definition) is 7. The molecule has 1 rings (SSSR count). The van der Waals surface area contributed by atoms with Crippen LogP contribution in [0.1, 0.15) is 20.0 Å². The van der Waals surface area contributed by atoms with Gasteiger partial charge < -0.3 is 25.8 Å². The third-order valence-corrected chi connectivity index (χ3v) is 3.70. The van der Waals surface area contributed by atoms with Crippen molar-refractivity contribution >= 4 is 33.9 Å². The number of nitrogen functional groups attached to an aromatic ring is 1. The Morgan fingerprint density at radius 2 is 2.14 bits per heavy atom. The standard InChI is InChI=1S/C13H19N3O4S/c1-4-5-15-11(17)10-9(14)8(13(18)20-3)12(21-10)16-6-7-19-2/h4,16H,1,5-7,14H2,2-3H3,(H,15,17). The predicted octanol–water partition coefficient (Wildman–Crippen LogP) is 1.09. The molecule has 0 aromatic carbocycles. The number of anilines is 2. The molecule has 1 amide bonds. The normalized spacial score (nSPS) is 10.0. The zero-order chi connectivity index (χ0) is 15.8. The molecule has 0 atom stereocenters. The van der Waals surface area contributed by atoms with E-state index in [2.05, 4.69) is 17.2 Å². The number of methoxy groups -OCH3 is 2. The minimum Gasteiger partial charge on any atom is -0.465 e. The molecule has 0 radical (unpaired) electrons. The fourth-order valence-electron chi connectivity index (χ4n) is 1.55. The number of thiophene rings is 1. The van der Waals surface area contributed by atoms with Crippen LogP contribution >= 0.6 is 11.3 Å². The Morgan fingerprint density at radius 3 is 2.71 bits per heavy atom. The Morgan fingerprint density at radius 1 is 1.43 bits per heavy atom. The summed E-state index contributed by atoms with van der Waals surface area (Å²) in [6.07, 6.45) is 1.56. The van der Waals surface area contributed by atoms with Crippen LogP contribution in [0, 0.1) is 0 Å². The van der Waals surface area contributed by atoms with Crippen molar-refractivity contribution in [3.05, 3.63) is 23.1 Å². The molecule has 4 N–H and O–H groups in total. The van der Waals surface area contributed by atoms with Gasteiger partial charge in [0.1, 0.15) is 15.4 Å². The lowest BCUT2D eigenvalue weighted by Crippen LogP contribution is -2.23. The van der Waals surface area contributed by atoms with Crippen molar-refractivity contribution in [1.29, 1.82) is 0 Å². The largest absolute Gasteiger partial charge is 0.465 e. The number of esters is 1. The van der Waals surface area contributed by atoms with Gasteiger partial charge in [-0.25, -0.2) is 4.79 Å². The lowest BCUT2D eigenvalue weighted by atomic mass is 10.2. The van der Waals surface area contributed by atoms with Crippen LogP contribution in [-0.2, 0) is 9.47 Å². The monoisotopic (exact) mass is 313 g/mol. The van der Waals surface area contributed by atoms with E-state index in [0.29, 0.717) is 24.7 Å². The van der Waals surface area contributed by atoms with Crippen LogP contribution in [-0.4, -0.2) is 45.8 Å². The minimum atomic E-state index is -0.591. The van der Waals surface area contributed by atoms with E-state index in [-0.39, 0.29) is 22.0 Å². The van der Waals surface area contributed by atoms with Gasteiger partial charge in [-0.1, -0.05) is 6.08 Å². The molecular weight excluding hydrogens is 294 g/mol. The maximum atomic E-state index is 12.0. The van der Waals surface area contributed by atoms with E-state index in [4.69, 9.17) is 15.2 Å². The smallest absolute Gasteiger partial charge is 0.343 e. The van der Waals surface area contributed by atoms with Crippen LogP contribution in [0.3, 0.4) is 0 Å². The van der Waals surface area contributed by atoms with Crippen molar-refractivity contribution in [2.45, 2.75) is 0 Å². The van der Waals surface area contributed by atoms with Crippen LogP contribution in [0.4, 0.5) is 10.7 Å². The van der Waals surface area contributed by atoms with Crippen LogP contribution < -0.4 is 16.4 Å². The summed E-state index contributed by atoms with van der Waals surface area (Å²) in [5.74, 6) is -0.950. The number of rotatable bonds is 8. The predicted molar refractivity (Wildman–Crippen MR) is 83.0 cm³/mol.